The summed E-state index contributed by atoms with van der Waals surface area (Å²) in [6, 6.07) is 1.99. The molecule has 0 saturated heterocycles. The second kappa shape index (κ2) is 21.2. The molecule has 2 unspecified atom stereocenters. The summed E-state index contributed by atoms with van der Waals surface area (Å²) in [6.45, 7) is 6.87. The van der Waals surface area contributed by atoms with Crippen molar-refractivity contribution in [2.75, 3.05) is 39.0 Å². The molecule has 4 rings (SSSR count). The molecule has 0 bridgehead atoms. The number of nitrogens with two attached hydrogens (primary N) is 1. The maximum atomic E-state index is 12.4. The molecule has 0 aliphatic rings. The van der Waals surface area contributed by atoms with Crippen LogP contribution in [0.15, 0.2) is 32.4 Å². The van der Waals surface area contributed by atoms with Gasteiger partial charge in [0, 0.05) is 31.4 Å². The third-order valence-corrected chi connectivity index (χ3v) is 10.3. The van der Waals surface area contributed by atoms with Gasteiger partial charge in [-0.25, -0.2) is 19.1 Å². The molecule has 60 heavy (non-hydrogen) atoms. The topological polar surface area (TPSA) is 333 Å². The second-order valence-electron chi connectivity index (χ2n) is 12.8. The predicted octanol–water partition coefficient (Wildman–Crippen LogP) is 3.22. The number of amides is 2. The lowest BCUT2D eigenvalue weighted by atomic mass is 9.97. The van der Waals surface area contributed by atoms with Crippen LogP contribution in [0.1, 0.15) is 43.4 Å². The molecule has 2 atom stereocenters. The van der Waals surface area contributed by atoms with E-state index in [9.17, 15) is 32.2 Å². The van der Waals surface area contributed by atoms with E-state index < -0.39 is 68.3 Å². The third-order valence-electron chi connectivity index (χ3n) is 6.87. The van der Waals surface area contributed by atoms with Crippen molar-refractivity contribution in [3.05, 3.63) is 55.4 Å². The quantitative estimate of drug-likeness (QED) is 0.0827. The Balaban J connectivity index is 0.000000337. The van der Waals surface area contributed by atoms with Crippen LogP contribution in [0.3, 0.4) is 0 Å². The molecule has 4 aromatic rings. The highest BCUT2D eigenvalue weighted by molar-refractivity contribution is 7.90. The fourth-order valence-electron chi connectivity index (χ4n) is 4.08. The number of aromatic carboxylic acids is 1. The van der Waals surface area contributed by atoms with Crippen LogP contribution in [0.4, 0.5) is 10.7 Å². The maximum Gasteiger partial charge on any atom is 0.442 e. The second-order valence-corrected chi connectivity index (χ2v) is 18.1. The molecule has 1 aromatic carbocycles. The Morgan fingerprint density at radius 1 is 1.07 bits per heavy atom. The van der Waals surface area contributed by atoms with Gasteiger partial charge >= 0.3 is 23.7 Å². The number of aliphatic carboxylic acids is 1. The number of carboxylic acid groups (broad SMARTS) is 2. The fourth-order valence-corrected chi connectivity index (χ4v) is 6.93. The molecule has 0 radical (unpaired) electrons. The number of halogens is 3. The number of anilines is 1. The summed E-state index contributed by atoms with van der Waals surface area (Å²) in [5, 5.41) is 26.4. The SMILES string of the molecule is C#CCOc1cc(-n2nc(C(C)(C)C)oc2=O)c(Cl)cc1Cl.COc1cc(OC)nc(NC(=O)NS(=O)(=O)c2c(C(=O)O)c(Cl)nn2C)n1.CP(=O)(O)CCC(N)C(=O)O. The van der Waals surface area contributed by atoms with E-state index in [2.05, 4.69) is 31.4 Å². The van der Waals surface area contributed by atoms with Crippen molar-refractivity contribution in [3.63, 3.8) is 0 Å². The Morgan fingerprint density at radius 3 is 2.12 bits per heavy atom. The number of carboxylic acids is 2. The van der Waals surface area contributed by atoms with Gasteiger partial charge < -0.3 is 39.5 Å². The number of terminal acetylenes is 1. The molecule has 0 saturated carbocycles. The number of hydrogen-bond acceptors (Lipinski definition) is 16. The van der Waals surface area contributed by atoms with Crippen LogP contribution in [-0.4, -0.2) is 111 Å². The van der Waals surface area contributed by atoms with Crippen LogP contribution in [0.5, 0.6) is 17.5 Å². The lowest BCUT2D eigenvalue weighted by Crippen LogP contribution is -2.36. The van der Waals surface area contributed by atoms with E-state index in [-0.39, 0.29) is 46.9 Å². The Morgan fingerprint density at radius 2 is 1.65 bits per heavy atom. The summed E-state index contributed by atoms with van der Waals surface area (Å²) in [4.78, 5) is 61.8. The third kappa shape index (κ3) is 14.7. The average molecular weight is 943 g/mol. The maximum absolute atomic E-state index is 12.4. The minimum atomic E-state index is -4.64. The smallest absolute Gasteiger partial charge is 0.442 e. The number of urea groups is 1. The van der Waals surface area contributed by atoms with Crippen LogP contribution < -0.4 is 35.7 Å². The number of rotatable bonds is 13. The average Bonchev–Trinajstić information content (AvgIpc) is 3.68. The molecular weight excluding hydrogens is 904 g/mol. The molecule has 28 heteroatoms. The van der Waals surface area contributed by atoms with E-state index in [1.54, 1.807) is 4.72 Å². The first-order chi connectivity index (χ1) is 27.6. The number of ether oxygens (including phenoxy) is 3. The standard InChI is InChI=1S/C15H14Cl2N2O3.C12H13ClN6O7S.C5H12NO4P/c1-5-6-21-12-8-11(9(16)7-10(12)17)19-14(20)22-13(18-19)15(2,3)4;1-19-9(7(10(20)21)8(13)17-19)27(23,24)18-12(22)16-11-14-5(25-2)4-6(15-11)26-3;1-11(9,10)3-2-4(6)5(7)8/h1,7-8H,6H2,2-4H3;4H,1-3H3,(H,20,21)(H2,14,15,16,18,22);4H,2-3,6H2,1H3,(H,7,8)(H,9,10). The van der Waals surface area contributed by atoms with E-state index in [1.165, 1.54) is 39.1 Å². The number of aryl methyl sites for hydroxylation is 1. The summed E-state index contributed by atoms with van der Waals surface area (Å²) in [5.74, 6) is -0.687. The van der Waals surface area contributed by atoms with Crippen LogP contribution in [0.25, 0.3) is 5.69 Å². The number of carbonyl (C=O) groups is 3. The highest BCUT2D eigenvalue weighted by Gasteiger charge is 2.32. The van der Waals surface area contributed by atoms with Crippen LogP contribution in [0.2, 0.25) is 15.2 Å². The van der Waals surface area contributed by atoms with E-state index in [4.69, 9.17) is 80.7 Å². The minimum Gasteiger partial charge on any atom is -0.481 e. The van der Waals surface area contributed by atoms with Gasteiger partial charge in [-0.3, -0.25) is 19.4 Å². The van der Waals surface area contributed by atoms with Gasteiger partial charge in [0.15, 0.2) is 17.5 Å². The summed E-state index contributed by atoms with van der Waals surface area (Å²) in [7, 11) is -3.96. The van der Waals surface area contributed by atoms with E-state index in [0.29, 0.717) is 22.0 Å². The van der Waals surface area contributed by atoms with Crippen molar-refractivity contribution in [1.82, 2.24) is 34.3 Å². The van der Waals surface area contributed by atoms with Crippen molar-refractivity contribution in [2.24, 2.45) is 12.8 Å². The molecule has 0 spiro atoms. The summed E-state index contributed by atoms with van der Waals surface area (Å²) in [5.41, 5.74) is 4.21. The normalized spacial score (nSPS) is 12.5. The number of benzene rings is 1. The van der Waals surface area contributed by atoms with Crippen molar-refractivity contribution in [2.45, 2.75) is 43.7 Å². The zero-order chi connectivity index (χ0) is 45.9. The zero-order valence-electron chi connectivity index (χ0n) is 32.6. The van der Waals surface area contributed by atoms with Crippen molar-refractivity contribution in [3.8, 4) is 35.5 Å². The van der Waals surface area contributed by atoms with Crippen molar-refractivity contribution in [1.29, 1.82) is 0 Å². The van der Waals surface area contributed by atoms with E-state index in [0.717, 1.165) is 11.7 Å². The summed E-state index contributed by atoms with van der Waals surface area (Å²) in [6.07, 6.45) is 5.15. The number of carbonyl (C=O) groups excluding carboxylic acids is 1. The van der Waals surface area contributed by atoms with Gasteiger partial charge in [0.25, 0.3) is 10.0 Å². The van der Waals surface area contributed by atoms with Gasteiger partial charge in [-0.15, -0.1) is 11.5 Å². The van der Waals surface area contributed by atoms with Crippen molar-refractivity contribution >= 4 is 76.1 Å². The first kappa shape index (κ1) is 50.7. The lowest BCUT2D eigenvalue weighted by molar-refractivity contribution is -0.138. The Labute approximate surface area is 356 Å². The monoisotopic (exact) mass is 941 g/mol. The molecule has 0 aliphatic heterocycles. The molecular formula is C32H39Cl3N9O14PS. The number of nitrogens with zero attached hydrogens (tertiary/aromatic N) is 6. The highest BCUT2D eigenvalue weighted by atomic mass is 35.5. The van der Waals surface area contributed by atoms with Gasteiger partial charge in [-0.1, -0.05) is 61.5 Å². The number of aromatic nitrogens is 6. The number of methoxy groups -OCH3 is 2. The van der Waals surface area contributed by atoms with Crippen molar-refractivity contribution < 1.29 is 61.1 Å². The lowest BCUT2D eigenvalue weighted by Gasteiger charge is -2.11. The Kier molecular flexibility index (Phi) is 17.9. The molecule has 3 heterocycles. The fraction of sp³-hybridized carbons (Fsp3) is 0.375. The van der Waals surface area contributed by atoms with Gasteiger partial charge in [0.2, 0.25) is 23.6 Å². The van der Waals surface area contributed by atoms with E-state index >= 15 is 0 Å². The molecule has 328 valence electrons. The first-order valence-corrected chi connectivity index (χ1v) is 21.3. The highest BCUT2D eigenvalue weighted by Crippen LogP contribution is 2.36. The summed E-state index contributed by atoms with van der Waals surface area (Å²) < 4.78 is 59.1. The molecule has 7 N–H and O–H groups in total. The van der Waals surface area contributed by atoms with Crippen LogP contribution >= 0.6 is 42.2 Å². The zero-order valence-corrected chi connectivity index (χ0v) is 36.6. The molecule has 0 aliphatic carbocycles. The predicted molar refractivity (Wildman–Crippen MR) is 216 cm³/mol. The summed E-state index contributed by atoms with van der Waals surface area (Å²) >= 11 is 17.8. The van der Waals surface area contributed by atoms with Gasteiger partial charge in [-0.05, 0) is 12.5 Å². The first-order valence-electron chi connectivity index (χ1n) is 16.4. The molecule has 0 fully saturated rings. The number of sulfonamides is 1. The molecule has 3 aromatic heterocycles. The molecule has 23 nitrogen and oxygen atoms in total. The van der Waals surface area contributed by atoms with E-state index in [1.807, 2.05) is 20.8 Å². The van der Waals surface area contributed by atoms with Gasteiger partial charge in [0.1, 0.15) is 24.0 Å². The van der Waals surface area contributed by atoms with Crippen LogP contribution in [-0.2, 0) is 31.8 Å². The Bertz CT molecular complexity index is 2450. The number of nitrogens with one attached hydrogen (secondary N) is 2. The molecule has 2 amide bonds. The number of hydrogen-bond donors (Lipinski definition) is 6. The largest absolute Gasteiger partial charge is 0.481 e. The Hall–Kier alpha value is -5.41. The van der Waals surface area contributed by atoms with Gasteiger partial charge in [-0.2, -0.15) is 28.2 Å². The van der Waals surface area contributed by atoms with Gasteiger partial charge in [0.05, 0.1) is 36.0 Å². The minimum absolute atomic E-state index is 0.0412. The van der Waals surface area contributed by atoms with Crippen LogP contribution in [0, 0.1) is 12.3 Å².